The molecular formula is C17H22FN3OS. The van der Waals surface area contributed by atoms with Crippen LogP contribution in [0.25, 0.3) is 11.8 Å². The van der Waals surface area contributed by atoms with E-state index in [9.17, 15) is 9.50 Å². The third-order valence-electron chi connectivity index (χ3n) is 3.62. The number of halogens is 1. The van der Waals surface area contributed by atoms with Crippen LogP contribution < -0.4 is 0 Å². The van der Waals surface area contributed by atoms with Crippen LogP contribution in [0.5, 0.6) is 0 Å². The highest BCUT2D eigenvalue weighted by Crippen LogP contribution is 2.18. The van der Waals surface area contributed by atoms with Crippen LogP contribution in [0, 0.1) is 10.6 Å². The monoisotopic (exact) mass is 335 g/mol. The average molecular weight is 335 g/mol. The molecule has 2 aromatic rings. The zero-order valence-electron chi connectivity index (χ0n) is 13.4. The minimum Gasteiger partial charge on any atom is -0.387 e. The molecule has 0 radical (unpaired) electrons. The Bertz CT molecular complexity index is 735. The number of rotatable bonds is 7. The van der Waals surface area contributed by atoms with E-state index < -0.39 is 6.10 Å². The molecular weight excluding hydrogens is 313 g/mol. The van der Waals surface area contributed by atoms with Crippen molar-refractivity contribution in [1.29, 1.82) is 0 Å². The van der Waals surface area contributed by atoms with Crippen LogP contribution in [0.1, 0.15) is 38.7 Å². The number of benzene rings is 1. The summed E-state index contributed by atoms with van der Waals surface area (Å²) in [5.74, 6) is -0.318. The number of hydrogen-bond donors (Lipinski definition) is 1. The Morgan fingerprint density at radius 3 is 2.87 bits per heavy atom. The lowest BCUT2D eigenvalue weighted by Crippen LogP contribution is -2.15. The standard InChI is InChI=1S/C17H22FN3OS/c1-3-5-9-20-12-19-21(17(20)23)15(16(22)4-2)11-13-7-6-8-14(18)10-13/h6-8,10-12,16,22H,3-5,9H2,1-2H3/b15-11+. The van der Waals surface area contributed by atoms with Crippen molar-refractivity contribution in [2.75, 3.05) is 0 Å². The smallest absolute Gasteiger partial charge is 0.202 e. The normalized spacial score (nSPS) is 13.3. The van der Waals surface area contributed by atoms with Crippen LogP contribution in [0.15, 0.2) is 30.6 Å². The van der Waals surface area contributed by atoms with Gasteiger partial charge in [0.25, 0.3) is 0 Å². The van der Waals surface area contributed by atoms with E-state index in [1.807, 2.05) is 11.5 Å². The Kier molecular flexibility index (Phi) is 6.24. The lowest BCUT2D eigenvalue weighted by atomic mass is 10.1. The van der Waals surface area contributed by atoms with Crippen molar-refractivity contribution in [3.8, 4) is 0 Å². The summed E-state index contributed by atoms with van der Waals surface area (Å²) in [6.45, 7) is 4.79. The van der Waals surface area contributed by atoms with E-state index in [0.29, 0.717) is 22.5 Å². The second-order valence-electron chi connectivity index (χ2n) is 5.42. The van der Waals surface area contributed by atoms with Crippen molar-refractivity contribution in [3.63, 3.8) is 0 Å². The number of aliphatic hydroxyl groups is 1. The first-order valence-electron chi connectivity index (χ1n) is 7.86. The van der Waals surface area contributed by atoms with Crippen LogP contribution in [-0.4, -0.2) is 25.6 Å². The molecule has 6 heteroatoms. The minimum absolute atomic E-state index is 0.318. The highest BCUT2D eigenvalue weighted by molar-refractivity contribution is 7.71. The first-order chi connectivity index (χ1) is 11.1. The topological polar surface area (TPSA) is 43.0 Å². The molecule has 0 amide bonds. The van der Waals surface area contributed by atoms with E-state index in [1.54, 1.807) is 29.2 Å². The van der Waals surface area contributed by atoms with Gasteiger partial charge in [-0.25, -0.2) is 9.07 Å². The second-order valence-corrected chi connectivity index (χ2v) is 5.79. The largest absolute Gasteiger partial charge is 0.387 e. The Morgan fingerprint density at radius 2 is 2.22 bits per heavy atom. The Labute approximate surface area is 140 Å². The molecule has 1 unspecified atom stereocenters. The molecule has 0 bridgehead atoms. The lowest BCUT2D eigenvalue weighted by molar-refractivity contribution is 0.221. The number of aryl methyl sites for hydroxylation is 1. The molecule has 2 rings (SSSR count). The van der Waals surface area contributed by atoms with Gasteiger partial charge in [0.05, 0.1) is 11.8 Å². The van der Waals surface area contributed by atoms with Crippen LogP contribution >= 0.6 is 12.2 Å². The van der Waals surface area contributed by atoms with E-state index in [0.717, 1.165) is 19.4 Å². The first-order valence-corrected chi connectivity index (χ1v) is 8.27. The molecule has 1 atom stereocenters. The SMILES string of the molecule is CCCCn1cnn(/C(=C/c2cccc(F)c2)C(O)CC)c1=S. The van der Waals surface area contributed by atoms with E-state index in [-0.39, 0.29) is 5.82 Å². The quantitative estimate of drug-likeness (QED) is 0.774. The van der Waals surface area contributed by atoms with Gasteiger partial charge in [0.1, 0.15) is 12.1 Å². The van der Waals surface area contributed by atoms with Gasteiger partial charge in [-0.05, 0) is 48.8 Å². The maximum Gasteiger partial charge on any atom is 0.202 e. The summed E-state index contributed by atoms with van der Waals surface area (Å²) in [5.41, 5.74) is 1.22. The number of nitrogens with zero attached hydrogens (tertiary/aromatic N) is 3. The minimum atomic E-state index is -0.723. The van der Waals surface area contributed by atoms with Crippen LogP contribution in [0.3, 0.4) is 0 Å². The van der Waals surface area contributed by atoms with E-state index >= 15 is 0 Å². The predicted molar refractivity (Wildman–Crippen MR) is 92.8 cm³/mol. The summed E-state index contributed by atoms with van der Waals surface area (Å²) in [4.78, 5) is 0. The van der Waals surface area contributed by atoms with Gasteiger partial charge >= 0.3 is 0 Å². The zero-order chi connectivity index (χ0) is 16.8. The van der Waals surface area contributed by atoms with Gasteiger partial charge in [-0.2, -0.15) is 5.10 Å². The summed E-state index contributed by atoms with van der Waals surface area (Å²) in [6, 6.07) is 6.22. The fourth-order valence-corrected chi connectivity index (χ4v) is 2.56. The number of hydrogen-bond acceptors (Lipinski definition) is 3. The van der Waals surface area contributed by atoms with Crippen LogP contribution in [0.2, 0.25) is 0 Å². The van der Waals surface area contributed by atoms with Crippen molar-refractivity contribution in [2.45, 2.75) is 45.8 Å². The number of aliphatic hydroxyl groups excluding tert-OH is 1. The Hall–Kier alpha value is -1.79. The maximum atomic E-state index is 13.4. The van der Waals surface area contributed by atoms with E-state index in [4.69, 9.17) is 12.2 Å². The fraction of sp³-hybridized carbons (Fsp3) is 0.412. The van der Waals surface area contributed by atoms with Gasteiger partial charge in [-0.15, -0.1) is 0 Å². The van der Waals surface area contributed by atoms with Crippen molar-refractivity contribution in [3.05, 3.63) is 46.7 Å². The summed E-state index contributed by atoms with van der Waals surface area (Å²) >= 11 is 5.46. The summed E-state index contributed by atoms with van der Waals surface area (Å²) in [6.07, 6.45) is 5.28. The van der Waals surface area contributed by atoms with Crippen LogP contribution in [0.4, 0.5) is 4.39 Å². The lowest BCUT2D eigenvalue weighted by Gasteiger charge is -2.13. The van der Waals surface area contributed by atoms with Gasteiger partial charge in [0.15, 0.2) is 0 Å². The summed E-state index contributed by atoms with van der Waals surface area (Å²) in [5, 5.41) is 14.6. The zero-order valence-corrected chi connectivity index (χ0v) is 14.3. The molecule has 1 aromatic heterocycles. The maximum absolute atomic E-state index is 13.4. The highest BCUT2D eigenvalue weighted by Gasteiger charge is 2.15. The van der Waals surface area contributed by atoms with Crippen molar-refractivity contribution in [1.82, 2.24) is 14.3 Å². The van der Waals surface area contributed by atoms with Crippen molar-refractivity contribution >= 4 is 24.0 Å². The molecule has 1 N–H and O–H groups in total. The molecule has 1 aromatic carbocycles. The molecule has 0 aliphatic heterocycles. The molecule has 0 saturated heterocycles. The van der Waals surface area contributed by atoms with Gasteiger partial charge in [0.2, 0.25) is 4.77 Å². The summed E-state index contributed by atoms with van der Waals surface area (Å²) in [7, 11) is 0. The molecule has 124 valence electrons. The molecule has 4 nitrogen and oxygen atoms in total. The van der Waals surface area contributed by atoms with Gasteiger partial charge in [0, 0.05) is 6.54 Å². The van der Waals surface area contributed by atoms with Gasteiger partial charge < -0.3 is 9.67 Å². The average Bonchev–Trinajstić information content (AvgIpc) is 2.90. The molecule has 0 saturated carbocycles. The molecule has 0 spiro atoms. The Morgan fingerprint density at radius 1 is 1.43 bits per heavy atom. The van der Waals surface area contributed by atoms with E-state index in [1.165, 1.54) is 12.1 Å². The van der Waals surface area contributed by atoms with Crippen LogP contribution in [-0.2, 0) is 6.54 Å². The third-order valence-corrected chi connectivity index (χ3v) is 4.03. The predicted octanol–water partition coefficient (Wildman–Crippen LogP) is 4.12. The number of aromatic nitrogens is 3. The summed E-state index contributed by atoms with van der Waals surface area (Å²) < 4.78 is 17.4. The fourth-order valence-electron chi connectivity index (χ4n) is 2.27. The molecule has 23 heavy (non-hydrogen) atoms. The van der Waals surface area contributed by atoms with E-state index in [2.05, 4.69) is 12.0 Å². The molecule has 0 fully saturated rings. The van der Waals surface area contributed by atoms with Crippen molar-refractivity contribution in [2.24, 2.45) is 0 Å². The van der Waals surface area contributed by atoms with Crippen molar-refractivity contribution < 1.29 is 9.50 Å². The second kappa shape index (κ2) is 8.17. The van der Waals surface area contributed by atoms with Gasteiger partial charge in [-0.1, -0.05) is 32.4 Å². The first kappa shape index (κ1) is 17.6. The Balaban J connectivity index is 2.44. The molecule has 1 heterocycles. The third kappa shape index (κ3) is 4.36. The highest BCUT2D eigenvalue weighted by atomic mass is 32.1. The molecule has 0 aliphatic rings. The molecule has 0 aliphatic carbocycles. The number of unbranched alkanes of at least 4 members (excludes halogenated alkanes) is 1. The van der Waals surface area contributed by atoms with Gasteiger partial charge in [-0.3, -0.25) is 0 Å².